The maximum atomic E-state index is 10.3. The second-order valence-corrected chi connectivity index (χ2v) is 7.17. The largest absolute Gasteiger partial charge is 0.394 e. The molecule has 0 aliphatic carbocycles. The summed E-state index contributed by atoms with van der Waals surface area (Å²) in [5.74, 6) is 0.586. The van der Waals surface area contributed by atoms with Crippen molar-refractivity contribution in [1.82, 2.24) is 19.5 Å². The summed E-state index contributed by atoms with van der Waals surface area (Å²) in [6.07, 6.45) is 0.708. The molecule has 1 fully saturated rings. The van der Waals surface area contributed by atoms with Crippen LogP contribution in [0.3, 0.4) is 0 Å². The average molecular weight is 399 g/mol. The van der Waals surface area contributed by atoms with Gasteiger partial charge in [0.05, 0.1) is 19.0 Å². The van der Waals surface area contributed by atoms with Crippen LogP contribution in [0.25, 0.3) is 11.2 Å². The highest BCUT2D eigenvalue weighted by Crippen LogP contribution is 2.33. The van der Waals surface area contributed by atoms with Gasteiger partial charge in [0.15, 0.2) is 23.2 Å². The first-order chi connectivity index (χ1) is 14.1. The third kappa shape index (κ3) is 3.69. The highest BCUT2D eigenvalue weighted by Gasteiger charge is 2.44. The fourth-order valence-corrected chi connectivity index (χ4v) is 3.71. The van der Waals surface area contributed by atoms with Gasteiger partial charge in [-0.25, -0.2) is 15.0 Å². The molecule has 0 radical (unpaired) electrons. The molecule has 3 aromatic rings. The van der Waals surface area contributed by atoms with Gasteiger partial charge in [-0.1, -0.05) is 43.7 Å². The molecule has 0 saturated carbocycles. The third-order valence-electron chi connectivity index (χ3n) is 5.24. The molecule has 1 saturated heterocycles. The van der Waals surface area contributed by atoms with E-state index in [1.54, 1.807) is 4.57 Å². The van der Waals surface area contributed by atoms with Gasteiger partial charge in [-0.05, 0) is 12.0 Å². The highest BCUT2D eigenvalue weighted by molar-refractivity contribution is 5.83. The van der Waals surface area contributed by atoms with Gasteiger partial charge in [0, 0.05) is 0 Å². The highest BCUT2D eigenvalue weighted by atomic mass is 16.6. The van der Waals surface area contributed by atoms with E-state index in [9.17, 15) is 15.3 Å². The fraction of sp³-hybridized carbons (Fsp3) is 0.450. The molecule has 2 aromatic heterocycles. The number of aromatic nitrogens is 4. The molecule has 3 heterocycles. The smallest absolute Gasteiger partial charge is 0.167 e. The number of hydrogen-bond donors (Lipinski definition) is 4. The van der Waals surface area contributed by atoms with Crippen LogP contribution in [0, 0.1) is 0 Å². The zero-order valence-corrected chi connectivity index (χ0v) is 16.1. The van der Waals surface area contributed by atoms with E-state index in [1.165, 1.54) is 12.7 Å². The summed E-state index contributed by atoms with van der Waals surface area (Å²) in [4.78, 5) is 13.1. The van der Waals surface area contributed by atoms with Crippen LogP contribution < -0.4 is 5.32 Å². The molecule has 154 valence electrons. The molecule has 1 unspecified atom stereocenters. The lowest BCUT2D eigenvalue weighted by Crippen LogP contribution is -2.33. The second kappa shape index (κ2) is 8.42. The van der Waals surface area contributed by atoms with Gasteiger partial charge in [0.2, 0.25) is 0 Å². The van der Waals surface area contributed by atoms with Crippen molar-refractivity contribution in [2.24, 2.45) is 0 Å². The monoisotopic (exact) mass is 399 g/mol. The van der Waals surface area contributed by atoms with Crippen molar-refractivity contribution in [1.29, 1.82) is 0 Å². The molecular weight excluding hydrogens is 374 g/mol. The lowest BCUT2D eigenvalue weighted by atomic mass is 10.0. The summed E-state index contributed by atoms with van der Waals surface area (Å²) in [6, 6.07) is 10.2. The SMILES string of the molecule is CCC[C@H](Nc1ncnc2c1ncn2[C@@H]1O[C@H](CO)[C@H](O)C1O)c1ccccc1. The molecule has 5 atom stereocenters. The molecule has 1 aliphatic rings. The molecule has 1 aliphatic heterocycles. The number of anilines is 1. The maximum Gasteiger partial charge on any atom is 0.167 e. The van der Waals surface area contributed by atoms with E-state index in [2.05, 4.69) is 39.3 Å². The molecule has 9 nitrogen and oxygen atoms in total. The molecule has 0 bridgehead atoms. The number of rotatable bonds is 7. The van der Waals surface area contributed by atoms with Crippen molar-refractivity contribution in [3.63, 3.8) is 0 Å². The Kier molecular flexibility index (Phi) is 5.72. The lowest BCUT2D eigenvalue weighted by molar-refractivity contribution is -0.0511. The van der Waals surface area contributed by atoms with Crippen molar-refractivity contribution in [2.75, 3.05) is 11.9 Å². The number of fused-ring (bicyclic) bond motifs is 1. The molecule has 4 rings (SSSR count). The fourth-order valence-electron chi connectivity index (χ4n) is 3.71. The zero-order valence-electron chi connectivity index (χ0n) is 16.1. The average Bonchev–Trinajstić information content (AvgIpc) is 3.30. The van der Waals surface area contributed by atoms with Crippen LogP contribution in [0.4, 0.5) is 5.82 Å². The van der Waals surface area contributed by atoms with Gasteiger partial charge in [0.1, 0.15) is 24.6 Å². The van der Waals surface area contributed by atoms with Crippen LogP contribution in [0.2, 0.25) is 0 Å². The molecule has 4 N–H and O–H groups in total. The third-order valence-corrected chi connectivity index (χ3v) is 5.24. The number of aliphatic hydroxyl groups is 3. The summed E-state index contributed by atoms with van der Waals surface area (Å²) < 4.78 is 7.17. The minimum Gasteiger partial charge on any atom is -0.394 e. The lowest BCUT2D eigenvalue weighted by Gasteiger charge is -2.20. The predicted molar refractivity (Wildman–Crippen MR) is 106 cm³/mol. The summed E-state index contributed by atoms with van der Waals surface area (Å²) in [5.41, 5.74) is 2.17. The van der Waals surface area contributed by atoms with Crippen LogP contribution in [0.15, 0.2) is 43.0 Å². The summed E-state index contributed by atoms with van der Waals surface area (Å²) in [5, 5.41) is 33.2. The standard InChI is InChI=1S/C20H25N5O4/c1-2-6-13(12-7-4-3-5-8-12)24-18-15-19(22-10-21-18)25(11-23-15)20-17(28)16(27)14(9-26)29-20/h3-5,7-8,10-11,13-14,16-17,20,26-28H,2,6,9H2,1H3,(H,21,22,24)/t13-,14+,16-,17?,20+/m0/s1. The van der Waals surface area contributed by atoms with Crippen molar-refractivity contribution >= 4 is 17.0 Å². The first-order valence-corrected chi connectivity index (χ1v) is 9.75. The van der Waals surface area contributed by atoms with Gasteiger partial charge >= 0.3 is 0 Å². The minimum absolute atomic E-state index is 0.0679. The Labute approximate surface area is 168 Å². The Balaban J connectivity index is 1.66. The van der Waals surface area contributed by atoms with Crippen molar-refractivity contribution in [2.45, 2.75) is 50.3 Å². The Morgan fingerprint density at radius 1 is 1.14 bits per heavy atom. The van der Waals surface area contributed by atoms with E-state index in [4.69, 9.17) is 4.74 Å². The number of aliphatic hydroxyl groups excluding tert-OH is 3. The van der Waals surface area contributed by atoms with Crippen LogP contribution in [0.1, 0.15) is 37.6 Å². The van der Waals surface area contributed by atoms with E-state index in [-0.39, 0.29) is 12.6 Å². The van der Waals surface area contributed by atoms with Gasteiger partial charge in [-0.2, -0.15) is 0 Å². The molecule has 1 aromatic carbocycles. The second-order valence-electron chi connectivity index (χ2n) is 7.17. The summed E-state index contributed by atoms with van der Waals surface area (Å²) in [7, 11) is 0. The predicted octanol–water partition coefficient (Wildman–Crippen LogP) is 1.39. The van der Waals surface area contributed by atoms with Crippen molar-refractivity contribution < 1.29 is 20.1 Å². The first-order valence-electron chi connectivity index (χ1n) is 9.75. The van der Waals surface area contributed by atoms with Gasteiger partial charge in [0.25, 0.3) is 0 Å². The van der Waals surface area contributed by atoms with Crippen LogP contribution in [0.5, 0.6) is 0 Å². The van der Waals surface area contributed by atoms with Crippen LogP contribution in [-0.4, -0.2) is 59.8 Å². The topological polar surface area (TPSA) is 126 Å². The molecule has 29 heavy (non-hydrogen) atoms. The maximum absolute atomic E-state index is 10.3. The molecule has 0 amide bonds. The van der Waals surface area contributed by atoms with E-state index < -0.39 is 24.5 Å². The molecule has 9 heteroatoms. The molecular formula is C20H25N5O4. The number of hydrogen-bond acceptors (Lipinski definition) is 8. The van der Waals surface area contributed by atoms with Gasteiger partial charge < -0.3 is 25.4 Å². The Hall–Kier alpha value is -2.59. The molecule has 0 spiro atoms. The van der Waals surface area contributed by atoms with Crippen molar-refractivity contribution in [3.8, 4) is 0 Å². The van der Waals surface area contributed by atoms with Gasteiger partial charge in [-0.3, -0.25) is 4.57 Å². The van der Waals surface area contributed by atoms with E-state index in [0.717, 1.165) is 18.4 Å². The minimum atomic E-state index is -1.20. The number of ether oxygens (including phenoxy) is 1. The van der Waals surface area contributed by atoms with Crippen molar-refractivity contribution in [3.05, 3.63) is 48.5 Å². The Morgan fingerprint density at radius 3 is 2.62 bits per heavy atom. The Bertz CT molecular complexity index is 950. The number of imidazole rings is 1. The van der Waals surface area contributed by atoms with Crippen LogP contribution >= 0.6 is 0 Å². The normalized spacial score (nSPS) is 25.4. The quantitative estimate of drug-likeness (QED) is 0.470. The van der Waals surface area contributed by atoms with Gasteiger partial charge in [-0.15, -0.1) is 0 Å². The van der Waals surface area contributed by atoms with E-state index in [1.807, 2.05) is 18.2 Å². The van der Waals surface area contributed by atoms with Crippen LogP contribution in [-0.2, 0) is 4.74 Å². The number of nitrogens with zero attached hydrogens (tertiary/aromatic N) is 4. The zero-order chi connectivity index (χ0) is 20.4. The summed E-state index contributed by atoms with van der Waals surface area (Å²) >= 11 is 0. The summed E-state index contributed by atoms with van der Waals surface area (Å²) in [6.45, 7) is 1.74. The number of benzene rings is 1. The first kappa shape index (κ1) is 19.7. The Morgan fingerprint density at radius 2 is 1.93 bits per heavy atom. The number of nitrogens with one attached hydrogen (secondary N) is 1. The van der Waals surface area contributed by atoms with E-state index in [0.29, 0.717) is 17.0 Å². The van der Waals surface area contributed by atoms with E-state index >= 15 is 0 Å².